The average molecular weight is 190 g/mol. The Morgan fingerprint density at radius 2 is 1.71 bits per heavy atom. The van der Waals surface area contributed by atoms with Crippen molar-refractivity contribution in [2.75, 3.05) is 7.11 Å². The highest BCUT2D eigenvalue weighted by molar-refractivity contribution is 5.45. The first kappa shape index (κ1) is 9.57. The number of aryl methyl sites for hydroxylation is 1. The topological polar surface area (TPSA) is 9.23 Å². The van der Waals surface area contributed by atoms with Gasteiger partial charge in [-0.05, 0) is 47.9 Å². The number of rotatable bonds is 1. The van der Waals surface area contributed by atoms with Gasteiger partial charge < -0.3 is 4.74 Å². The van der Waals surface area contributed by atoms with Gasteiger partial charge in [0.1, 0.15) is 5.75 Å². The lowest BCUT2D eigenvalue weighted by Gasteiger charge is -2.14. The third-order valence-electron chi connectivity index (χ3n) is 3.06. The molecule has 0 fully saturated rings. The van der Waals surface area contributed by atoms with E-state index in [1.165, 1.54) is 29.5 Å². The quantitative estimate of drug-likeness (QED) is 0.661. The SMILES string of the molecule is COc1cc2c(cc1C)CC(C)(C)C2. The minimum Gasteiger partial charge on any atom is -0.496 e. The fourth-order valence-corrected chi connectivity index (χ4v) is 2.43. The molecule has 1 aromatic carbocycles. The lowest BCUT2D eigenvalue weighted by molar-refractivity contribution is 0.391. The van der Waals surface area contributed by atoms with Crippen LogP contribution in [0, 0.1) is 12.3 Å². The minimum atomic E-state index is 0.432. The zero-order valence-corrected chi connectivity index (χ0v) is 9.48. The number of methoxy groups -OCH3 is 1. The maximum Gasteiger partial charge on any atom is 0.122 e. The summed E-state index contributed by atoms with van der Waals surface area (Å²) in [4.78, 5) is 0. The minimum absolute atomic E-state index is 0.432. The van der Waals surface area contributed by atoms with Crippen LogP contribution in [0.4, 0.5) is 0 Å². The highest BCUT2D eigenvalue weighted by atomic mass is 16.5. The Labute approximate surface area is 86.1 Å². The summed E-state index contributed by atoms with van der Waals surface area (Å²) in [5.74, 6) is 1.03. The molecule has 0 saturated carbocycles. The Kier molecular flexibility index (Phi) is 2.06. The van der Waals surface area contributed by atoms with Gasteiger partial charge in [-0.1, -0.05) is 19.9 Å². The lowest BCUT2D eigenvalue weighted by Crippen LogP contribution is -2.09. The largest absolute Gasteiger partial charge is 0.496 e. The molecule has 2 rings (SSSR count). The standard InChI is InChI=1S/C13H18O/c1-9-5-10-7-13(2,3)8-11(10)6-12(9)14-4/h5-6H,7-8H2,1-4H3. The Morgan fingerprint density at radius 3 is 2.29 bits per heavy atom. The summed E-state index contributed by atoms with van der Waals surface area (Å²) in [5, 5.41) is 0. The fraction of sp³-hybridized carbons (Fsp3) is 0.538. The summed E-state index contributed by atoms with van der Waals surface area (Å²) in [6, 6.07) is 4.49. The maximum atomic E-state index is 5.34. The van der Waals surface area contributed by atoms with Crippen molar-refractivity contribution in [2.24, 2.45) is 5.41 Å². The summed E-state index contributed by atoms with van der Waals surface area (Å²) in [6.45, 7) is 6.77. The average Bonchev–Trinajstić information content (AvgIpc) is 2.36. The molecule has 1 nitrogen and oxygen atoms in total. The molecule has 14 heavy (non-hydrogen) atoms. The van der Waals surface area contributed by atoms with Gasteiger partial charge in [-0.25, -0.2) is 0 Å². The molecule has 1 aromatic rings. The first-order valence-corrected chi connectivity index (χ1v) is 5.18. The Hall–Kier alpha value is -0.980. The second kappa shape index (κ2) is 3.01. The molecule has 0 aliphatic heterocycles. The van der Waals surface area contributed by atoms with Gasteiger partial charge in [0.2, 0.25) is 0 Å². The molecular formula is C13H18O. The van der Waals surface area contributed by atoms with Gasteiger partial charge in [0.05, 0.1) is 7.11 Å². The molecule has 0 bridgehead atoms. The molecule has 76 valence electrons. The van der Waals surface area contributed by atoms with Gasteiger partial charge in [-0.3, -0.25) is 0 Å². The summed E-state index contributed by atoms with van der Waals surface area (Å²) in [7, 11) is 1.74. The van der Waals surface area contributed by atoms with Crippen LogP contribution >= 0.6 is 0 Å². The van der Waals surface area contributed by atoms with Crippen molar-refractivity contribution in [3.63, 3.8) is 0 Å². The highest BCUT2D eigenvalue weighted by Crippen LogP contribution is 2.38. The van der Waals surface area contributed by atoms with E-state index in [1.807, 2.05) is 0 Å². The molecule has 1 heteroatoms. The maximum absolute atomic E-state index is 5.34. The molecule has 0 spiro atoms. The van der Waals surface area contributed by atoms with Crippen molar-refractivity contribution in [1.29, 1.82) is 0 Å². The van der Waals surface area contributed by atoms with E-state index in [0.29, 0.717) is 5.41 Å². The van der Waals surface area contributed by atoms with Gasteiger partial charge in [-0.15, -0.1) is 0 Å². The van der Waals surface area contributed by atoms with Crippen molar-refractivity contribution in [3.8, 4) is 5.75 Å². The molecule has 0 amide bonds. The van der Waals surface area contributed by atoms with Crippen molar-refractivity contribution >= 4 is 0 Å². The number of benzene rings is 1. The van der Waals surface area contributed by atoms with Crippen molar-refractivity contribution in [2.45, 2.75) is 33.6 Å². The van der Waals surface area contributed by atoms with E-state index in [4.69, 9.17) is 4.74 Å². The molecule has 0 atom stereocenters. The van der Waals surface area contributed by atoms with E-state index >= 15 is 0 Å². The van der Waals surface area contributed by atoms with Crippen LogP contribution in [-0.2, 0) is 12.8 Å². The first-order valence-electron chi connectivity index (χ1n) is 5.18. The number of hydrogen-bond acceptors (Lipinski definition) is 1. The first-order chi connectivity index (χ1) is 6.52. The molecule has 0 radical (unpaired) electrons. The summed E-state index contributed by atoms with van der Waals surface area (Å²) in [6.07, 6.45) is 2.38. The highest BCUT2D eigenvalue weighted by Gasteiger charge is 2.28. The zero-order valence-electron chi connectivity index (χ0n) is 9.48. The van der Waals surface area contributed by atoms with Crippen LogP contribution < -0.4 is 4.74 Å². The lowest BCUT2D eigenvalue weighted by atomic mass is 9.90. The van der Waals surface area contributed by atoms with Crippen molar-refractivity contribution in [1.82, 2.24) is 0 Å². The van der Waals surface area contributed by atoms with E-state index < -0.39 is 0 Å². The molecule has 0 saturated heterocycles. The van der Waals surface area contributed by atoms with Crippen LogP contribution in [0.3, 0.4) is 0 Å². The van der Waals surface area contributed by atoms with E-state index in [-0.39, 0.29) is 0 Å². The van der Waals surface area contributed by atoms with Crippen LogP contribution in [0.15, 0.2) is 12.1 Å². The summed E-state index contributed by atoms with van der Waals surface area (Å²) in [5.41, 5.74) is 4.66. The Morgan fingerprint density at radius 1 is 1.14 bits per heavy atom. The van der Waals surface area contributed by atoms with Crippen molar-refractivity contribution < 1.29 is 4.74 Å². The van der Waals surface area contributed by atoms with Gasteiger partial charge in [0.25, 0.3) is 0 Å². The van der Waals surface area contributed by atoms with Crippen LogP contribution in [-0.4, -0.2) is 7.11 Å². The van der Waals surface area contributed by atoms with E-state index in [2.05, 4.69) is 32.9 Å². The van der Waals surface area contributed by atoms with E-state index in [1.54, 1.807) is 7.11 Å². The van der Waals surface area contributed by atoms with Crippen LogP contribution in [0.5, 0.6) is 5.75 Å². The molecular weight excluding hydrogens is 172 g/mol. The van der Waals surface area contributed by atoms with Crippen molar-refractivity contribution in [3.05, 3.63) is 28.8 Å². The normalized spacial score (nSPS) is 18.0. The third kappa shape index (κ3) is 1.52. The van der Waals surface area contributed by atoms with E-state index in [9.17, 15) is 0 Å². The van der Waals surface area contributed by atoms with Crippen LogP contribution in [0.2, 0.25) is 0 Å². The smallest absolute Gasteiger partial charge is 0.122 e. The van der Waals surface area contributed by atoms with Gasteiger partial charge in [-0.2, -0.15) is 0 Å². The second-order valence-electron chi connectivity index (χ2n) is 5.11. The molecule has 0 unspecified atom stereocenters. The monoisotopic (exact) mass is 190 g/mol. The second-order valence-corrected chi connectivity index (χ2v) is 5.11. The molecule has 1 aliphatic carbocycles. The number of ether oxygens (including phenoxy) is 1. The summed E-state index contributed by atoms with van der Waals surface area (Å²) < 4.78 is 5.34. The van der Waals surface area contributed by atoms with Crippen LogP contribution in [0.1, 0.15) is 30.5 Å². The van der Waals surface area contributed by atoms with Crippen LogP contribution in [0.25, 0.3) is 0 Å². The van der Waals surface area contributed by atoms with Gasteiger partial charge in [0.15, 0.2) is 0 Å². The van der Waals surface area contributed by atoms with E-state index in [0.717, 1.165) is 5.75 Å². The number of fused-ring (bicyclic) bond motifs is 1. The molecule has 1 aliphatic rings. The Bertz CT molecular complexity index is 364. The molecule has 0 heterocycles. The fourth-order valence-electron chi connectivity index (χ4n) is 2.43. The Balaban J connectivity index is 2.44. The summed E-state index contributed by atoms with van der Waals surface area (Å²) >= 11 is 0. The van der Waals surface area contributed by atoms with Gasteiger partial charge in [0, 0.05) is 0 Å². The predicted molar refractivity (Wildman–Crippen MR) is 58.9 cm³/mol. The zero-order chi connectivity index (χ0) is 10.3. The molecule has 0 aromatic heterocycles. The predicted octanol–water partition coefficient (Wildman–Crippen LogP) is 3.13. The van der Waals surface area contributed by atoms with Gasteiger partial charge >= 0.3 is 0 Å². The third-order valence-corrected chi connectivity index (χ3v) is 3.06. The number of hydrogen-bond donors (Lipinski definition) is 0. The molecule has 0 N–H and O–H groups in total.